The molecule has 1 heteroatoms. The van der Waals surface area contributed by atoms with E-state index in [0.29, 0.717) is 0 Å². The maximum absolute atomic E-state index is 3.56. The van der Waals surface area contributed by atoms with Crippen molar-refractivity contribution in [3.05, 3.63) is 35.4 Å². The fourth-order valence-corrected chi connectivity index (χ4v) is 2.41. The number of nitrogens with one attached hydrogen (secondary N) is 1. The van der Waals surface area contributed by atoms with E-state index in [1.807, 2.05) is 0 Å². The second-order valence-corrected chi connectivity index (χ2v) is 6.09. The highest BCUT2D eigenvalue weighted by atomic mass is 14.8. The summed E-state index contributed by atoms with van der Waals surface area (Å²) in [6, 6.07) is 9.12. The lowest BCUT2D eigenvalue weighted by Gasteiger charge is -2.07. The first-order valence-electron chi connectivity index (χ1n) is 7.55. The summed E-state index contributed by atoms with van der Waals surface area (Å²) in [5, 5.41) is 3.56. The molecule has 0 aromatic heterocycles. The van der Waals surface area contributed by atoms with E-state index in [0.717, 1.165) is 24.9 Å². The van der Waals surface area contributed by atoms with Crippen LogP contribution in [0.1, 0.15) is 63.0 Å². The molecular weight excluding hydrogens is 218 g/mol. The molecule has 1 fully saturated rings. The summed E-state index contributed by atoms with van der Waals surface area (Å²) in [5.41, 5.74) is 3.00. The Balaban J connectivity index is 1.62. The molecule has 0 amide bonds. The summed E-state index contributed by atoms with van der Waals surface area (Å²) in [5.74, 6) is 1.72. The molecule has 100 valence electrons. The van der Waals surface area contributed by atoms with Crippen LogP contribution in [0.2, 0.25) is 0 Å². The molecule has 0 heterocycles. The molecule has 1 saturated carbocycles. The van der Waals surface area contributed by atoms with Crippen LogP contribution in [-0.4, -0.2) is 6.54 Å². The van der Waals surface area contributed by atoms with E-state index in [9.17, 15) is 0 Å². The van der Waals surface area contributed by atoms with Gasteiger partial charge in [-0.05, 0) is 48.8 Å². The van der Waals surface area contributed by atoms with Crippen LogP contribution in [0.5, 0.6) is 0 Å². The molecule has 1 aliphatic rings. The van der Waals surface area contributed by atoms with Crippen LogP contribution in [0.3, 0.4) is 0 Å². The Morgan fingerprint density at radius 1 is 1.22 bits per heavy atom. The van der Waals surface area contributed by atoms with Gasteiger partial charge < -0.3 is 5.32 Å². The van der Waals surface area contributed by atoms with Gasteiger partial charge in [-0.1, -0.05) is 51.0 Å². The highest BCUT2D eigenvalue weighted by molar-refractivity contribution is 5.29. The normalized spacial score (nSPS) is 15.3. The van der Waals surface area contributed by atoms with Gasteiger partial charge >= 0.3 is 0 Å². The molecule has 2 rings (SSSR count). The van der Waals surface area contributed by atoms with Crippen molar-refractivity contribution in [1.82, 2.24) is 5.32 Å². The third-order valence-corrected chi connectivity index (χ3v) is 3.71. The molecule has 0 atom stereocenters. The van der Waals surface area contributed by atoms with E-state index in [4.69, 9.17) is 0 Å². The van der Waals surface area contributed by atoms with Gasteiger partial charge in [-0.15, -0.1) is 0 Å². The minimum atomic E-state index is 0.847. The zero-order valence-electron chi connectivity index (χ0n) is 11.9. The lowest BCUT2D eigenvalue weighted by molar-refractivity contribution is 0.520. The molecule has 1 aromatic rings. The van der Waals surface area contributed by atoms with Gasteiger partial charge in [0.15, 0.2) is 0 Å². The lowest BCUT2D eigenvalue weighted by Crippen LogP contribution is -2.14. The third kappa shape index (κ3) is 4.81. The molecule has 0 radical (unpaired) electrons. The zero-order valence-corrected chi connectivity index (χ0v) is 11.9. The molecule has 0 saturated heterocycles. The Morgan fingerprint density at radius 2 is 2.06 bits per heavy atom. The largest absolute Gasteiger partial charge is 0.313 e. The minimum absolute atomic E-state index is 0.847. The molecule has 1 N–H and O–H groups in total. The zero-order chi connectivity index (χ0) is 12.8. The standard InChI is InChI=1S/C17H27N/c1-14(2)6-3-4-11-18-13-15-7-5-8-17(12-15)16-9-10-16/h5,7-8,12,14,16,18H,3-4,6,9-11,13H2,1-2H3. The Bertz CT molecular complexity index is 352. The van der Waals surface area contributed by atoms with Crippen molar-refractivity contribution in [2.24, 2.45) is 5.92 Å². The van der Waals surface area contributed by atoms with E-state index in [1.165, 1.54) is 37.7 Å². The van der Waals surface area contributed by atoms with Crippen molar-refractivity contribution in [2.45, 2.75) is 58.4 Å². The average molecular weight is 245 g/mol. The van der Waals surface area contributed by atoms with Crippen LogP contribution >= 0.6 is 0 Å². The van der Waals surface area contributed by atoms with Crippen LogP contribution in [0.4, 0.5) is 0 Å². The minimum Gasteiger partial charge on any atom is -0.313 e. The van der Waals surface area contributed by atoms with Crippen LogP contribution in [0.15, 0.2) is 24.3 Å². The summed E-state index contributed by atoms with van der Waals surface area (Å²) in [6.07, 6.45) is 6.81. The van der Waals surface area contributed by atoms with Gasteiger partial charge in [0, 0.05) is 6.54 Å². The SMILES string of the molecule is CC(C)CCCCNCc1cccc(C2CC2)c1. The predicted octanol–water partition coefficient (Wildman–Crippen LogP) is 4.48. The molecule has 1 nitrogen and oxygen atoms in total. The summed E-state index contributed by atoms with van der Waals surface area (Å²) in [4.78, 5) is 0. The maximum Gasteiger partial charge on any atom is 0.0205 e. The topological polar surface area (TPSA) is 12.0 Å². The molecule has 0 aliphatic heterocycles. The first-order chi connectivity index (χ1) is 8.75. The first kappa shape index (κ1) is 13.6. The van der Waals surface area contributed by atoms with Crippen LogP contribution in [0, 0.1) is 5.92 Å². The number of hydrogen-bond donors (Lipinski definition) is 1. The monoisotopic (exact) mass is 245 g/mol. The van der Waals surface area contributed by atoms with Crippen LogP contribution < -0.4 is 5.32 Å². The molecule has 1 aromatic carbocycles. The smallest absolute Gasteiger partial charge is 0.0205 e. The highest BCUT2D eigenvalue weighted by Crippen LogP contribution is 2.40. The van der Waals surface area contributed by atoms with Crippen molar-refractivity contribution in [2.75, 3.05) is 6.54 Å². The fraction of sp³-hybridized carbons (Fsp3) is 0.647. The van der Waals surface area contributed by atoms with Crippen molar-refractivity contribution in [3.63, 3.8) is 0 Å². The van der Waals surface area contributed by atoms with Gasteiger partial charge in [0.1, 0.15) is 0 Å². The van der Waals surface area contributed by atoms with Crippen molar-refractivity contribution >= 4 is 0 Å². The fourth-order valence-electron chi connectivity index (χ4n) is 2.41. The molecule has 0 bridgehead atoms. The van der Waals surface area contributed by atoms with E-state index in [2.05, 4.69) is 43.4 Å². The number of unbranched alkanes of at least 4 members (excludes halogenated alkanes) is 1. The summed E-state index contributed by atoms with van der Waals surface area (Å²) in [6.45, 7) is 6.79. The van der Waals surface area contributed by atoms with E-state index in [-0.39, 0.29) is 0 Å². The summed E-state index contributed by atoms with van der Waals surface area (Å²) in [7, 11) is 0. The number of benzene rings is 1. The van der Waals surface area contributed by atoms with Gasteiger partial charge in [0.05, 0.1) is 0 Å². The van der Waals surface area contributed by atoms with Crippen molar-refractivity contribution in [1.29, 1.82) is 0 Å². The summed E-state index contributed by atoms with van der Waals surface area (Å²) < 4.78 is 0. The molecule has 0 unspecified atom stereocenters. The third-order valence-electron chi connectivity index (χ3n) is 3.71. The molecule has 0 spiro atoms. The van der Waals surface area contributed by atoms with Crippen molar-refractivity contribution in [3.8, 4) is 0 Å². The van der Waals surface area contributed by atoms with Crippen LogP contribution in [0.25, 0.3) is 0 Å². The van der Waals surface area contributed by atoms with Gasteiger partial charge in [-0.3, -0.25) is 0 Å². The van der Waals surface area contributed by atoms with Gasteiger partial charge in [0.25, 0.3) is 0 Å². The second kappa shape index (κ2) is 6.94. The average Bonchev–Trinajstić information content (AvgIpc) is 3.18. The van der Waals surface area contributed by atoms with Crippen LogP contribution in [-0.2, 0) is 6.54 Å². The van der Waals surface area contributed by atoms with Gasteiger partial charge in [-0.25, -0.2) is 0 Å². The molecular formula is C17H27N. The number of rotatable bonds is 8. The van der Waals surface area contributed by atoms with E-state index in [1.54, 1.807) is 5.56 Å². The summed E-state index contributed by atoms with van der Waals surface area (Å²) >= 11 is 0. The van der Waals surface area contributed by atoms with Gasteiger partial charge in [0.2, 0.25) is 0 Å². The Morgan fingerprint density at radius 3 is 2.78 bits per heavy atom. The number of hydrogen-bond acceptors (Lipinski definition) is 1. The van der Waals surface area contributed by atoms with Crippen molar-refractivity contribution < 1.29 is 0 Å². The molecule has 1 aliphatic carbocycles. The maximum atomic E-state index is 3.56. The Labute approximate surface area is 112 Å². The van der Waals surface area contributed by atoms with E-state index >= 15 is 0 Å². The second-order valence-electron chi connectivity index (χ2n) is 6.09. The predicted molar refractivity (Wildman–Crippen MR) is 78.8 cm³/mol. The Kier molecular flexibility index (Phi) is 5.25. The Hall–Kier alpha value is -0.820. The van der Waals surface area contributed by atoms with Gasteiger partial charge in [-0.2, -0.15) is 0 Å². The highest BCUT2D eigenvalue weighted by Gasteiger charge is 2.23. The lowest BCUT2D eigenvalue weighted by atomic mass is 10.1. The molecule has 18 heavy (non-hydrogen) atoms. The quantitative estimate of drug-likeness (QED) is 0.666. The van der Waals surface area contributed by atoms with E-state index < -0.39 is 0 Å². The first-order valence-corrected chi connectivity index (χ1v) is 7.55.